The van der Waals surface area contributed by atoms with E-state index in [0.717, 1.165) is 29.7 Å². The smallest absolute Gasteiger partial charge is 0.383 e. The Bertz CT molecular complexity index is 671. The number of hydrogen-bond donors (Lipinski definition) is 0. The first-order valence-electron chi connectivity index (χ1n) is 9.81. The van der Waals surface area contributed by atoms with Crippen LogP contribution in [0.2, 0.25) is 0 Å². The maximum atomic E-state index is 12.2. The zero-order chi connectivity index (χ0) is 18.1. The van der Waals surface area contributed by atoms with Crippen molar-refractivity contribution in [3.63, 3.8) is 0 Å². The molecule has 0 N–H and O–H groups in total. The SMILES string of the molecule is O=C(CCC12CC3CC(CC(C3)C1)C2)C(=O)C(=O)OCc1ccccc1. The average Bonchev–Trinajstić information content (AvgIpc) is 2.63. The molecule has 0 saturated heterocycles. The van der Waals surface area contributed by atoms with Gasteiger partial charge in [0.05, 0.1) is 0 Å². The van der Waals surface area contributed by atoms with Gasteiger partial charge in [-0.05, 0) is 73.7 Å². The highest BCUT2D eigenvalue weighted by atomic mass is 16.5. The van der Waals surface area contributed by atoms with Gasteiger partial charge in [0.1, 0.15) is 6.61 Å². The monoisotopic (exact) mass is 354 g/mol. The van der Waals surface area contributed by atoms with Crippen molar-refractivity contribution in [2.24, 2.45) is 23.2 Å². The van der Waals surface area contributed by atoms with Crippen molar-refractivity contribution in [1.29, 1.82) is 0 Å². The van der Waals surface area contributed by atoms with Gasteiger partial charge in [0.2, 0.25) is 5.78 Å². The number of ether oxygens (including phenoxy) is 1. The molecule has 4 saturated carbocycles. The lowest BCUT2D eigenvalue weighted by atomic mass is 9.48. The molecule has 0 spiro atoms. The van der Waals surface area contributed by atoms with E-state index in [2.05, 4.69) is 0 Å². The van der Waals surface area contributed by atoms with E-state index in [1.54, 1.807) is 0 Å². The Morgan fingerprint density at radius 2 is 1.50 bits per heavy atom. The summed E-state index contributed by atoms with van der Waals surface area (Å²) in [4.78, 5) is 36.2. The van der Waals surface area contributed by atoms with Gasteiger partial charge >= 0.3 is 11.8 Å². The van der Waals surface area contributed by atoms with Gasteiger partial charge < -0.3 is 4.74 Å². The number of carbonyl (C=O) groups is 3. The van der Waals surface area contributed by atoms with Crippen molar-refractivity contribution in [1.82, 2.24) is 0 Å². The maximum Gasteiger partial charge on any atom is 0.383 e. The molecule has 1 aromatic carbocycles. The van der Waals surface area contributed by atoms with E-state index < -0.39 is 17.5 Å². The highest BCUT2D eigenvalue weighted by Crippen LogP contribution is 2.61. The van der Waals surface area contributed by atoms with E-state index in [4.69, 9.17) is 4.74 Å². The van der Waals surface area contributed by atoms with Crippen LogP contribution < -0.4 is 0 Å². The molecule has 5 rings (SSSR count). The van der Waals surface area contributed by atoms with E-state index in [1.165, 1.54) is 38.5 Å². The van der Waals surface area contributed by atoms with Gasteiger partial charge in [0, 0.05) is 6.42 Å². The van der Waals surface area contributed by atoms with Crippen molar-refractivity contribution in [2.45, 2.75) is 58.0 Å². The third kappa shape index (κ3) is 3.60. The Morgan fingerprint density at radius 3 is 2.08 bits per heavy atom. The maximum absolute atomic E-state index is 12.2. The topological polar surface area (TPSA) is 60.4 Å². The molecule has 0 amide bonds. The number of Topliss-reactive ketones (excluding diaryl/α,β-unsaturated/α-hetero) is 2. The summed E-state index contributed by atoms with van der Waals surface area (Å²) < 4.78 is 5.00. The molecular weight excluding hydrogens is 328 g/mol. The van der Waals surface area contributed by atoms with Crippen LogP contribution in [0.15, 0.2) is 30.3 Å². The molecule has 4 aliphatic carbocycles. The molecular formula is C22H26O4. The van der Waals surface area contributed by atoms with Crippen molar-refractivity contribution in [2.75, 3.05) is 0 Å². The number of rotatable bonds is 7. The molecule has 4 heteroatoms. The Hall–Kier alpha value is -1.97. The summed E-state index contributed by atoms with van der Waals surface area (Å²) in [5, 5.41) is 0. The van der Waals surface area contributed by atoms with E-state index in [1.807, 2.05) is 30.3 Å². The van der Waals surface area contributed by atoms with Crippen LogP contribution in [0.5, 0.6) is 0 Å². The fourth-order valence-corrected chi connectivity index (χ4v) is 5.99. The number of benzene rings is 1. The van der Waals surface area contributed by atoms with Gasteiger partial charge in [-0.3, -0.25) is 9.59 Å². The lowest BCUT2D eigenvalue weighted by Crippen LogP contribution is -2.46. The minimum absolute atomic E-state index is 0.0215. The summed E-state index contributed by atoms with van der Waals surface area (Å²) in [6.07, 6.45) is 8.64. The highest BCUT2D eigenvalue weighted by Gasteiger charge is 2.50. The molecule has 4 bridgehead atoms. The van der Waals surface area contributed by atoms with Crippen LogP contribution in [0.4, 0.5) is 0 Å². The second-order valence-electron chi connectivity index (χ2n) is 8.73. The fourth-order valence-electron chi connectivity index (χ4n) is 5.99. The Kier molecular flexibility index (Phi) is 4.68. The minimum Gasteiger partial charge on any atom is -0.455 e. The normalized spacial score (nSPS) is 31.6. The number of esters is 1. The van der Waals surface area contributed by atoms with Crippen LogP contribution in [0.1, 0.15) is 56.9 Å². The van der Waals surface area contributed by atoms with Crippen LogP contribution >= 0.6 is 0 Å². The van der Waals surface area contributed by atoms with Crippen LogP contribution in [0.25, 0.3) is 0 Å². The molecule has 26 heavy (non-hydrogen) atoms. The van der Waals surface area contributed by atoms with Gasteiger partial charge in [-0.15, -0.1) is 0 Å². The third-order valence-corrected chi connectivity index (χ3v) is 6.70. The lowest BCUT2D eigenvalue weighted by Gasteiger charge is -2.57. The number of hydrogen-bond acceptors (Lipinski definition) is 4. The van der Waals surface area contributed by atoms with Crippen molar-refractivity contribution >= 4 is 17.5 Å². The van der Waals surface area contributed by atoms with Crippen LogP contribution in [-0.4, -0.2) is 17.5 Å². The molecule has 0 radical (unpaired) electrons. The van der Waals surface area contributed by atoms with E-state index in [0.29, 0.717) is 0 Å². The zero-order valence-corrected chi connectivity index (χ0v) is 15.1. The average molecular weight is 354 g/mol. The Balaban J connectivity index is 1.28. The van der Waals surface area contributed by atoms with E-state index in [9.17, 15) is 14.4 Å². The summed E-state index contributed by atoms with van der Waals surface area (Å²) in [7, 11) is 0. The van der Waals surface area contributed by atoms with Crippen LogP contribution in [0.3, 0.4) is 0 Å². The standard InChI is InChI=1S/C22H26O4/c23-19(20(24)21(25)26-14-15-4-2-1-3-5-15)6-7-22-11-16-8-17(12-22)10-18(9-16)13-22/h1-5,16-18H,6-14H2. The number of ketones is 2. The zero-order valence-electron chi connectivity index (χ0n) is 15.1. The van der Waals surface area contributed by atoms with Crippen LogP contribution in [0, 0.1) is 23.2 Å². The predicted molar refractivity (Wildman–Crippen MR) is 96.1 cm³/mol. The van der Waals surface area contributed by atoms with Crippen molar-refractivity contribution < 1.29 is 19.1 Å². The van der Waals surface area contributed by atoms with Gasteiger partial charge in [-0.1, -0.05) is 30.3 Å². The Morgan fingerprint density at radius 1 is 0.923 bits per heavy atom. The molecule has 0 aliphatic heterocycles. The first-order valence-corrected chi connectivity index (χ1v) is 9.81. The summed E-state index contributed by atoms with van der Waals surface area (Å²) in [6.45, 7) is 0.0215. The molecule has 4 nitrogen and oxygen atoms in total. The molecule has 4 fully saturated rings. The highest BCUT2D eigenvalue weighted by molar-refractivity contribution is 6.62. The van der Waals surface area contributed by atoms with Crippen LogP contribution in [-0.2, 0) is 25.7 Å². The quantitative estimate of drug-likeness (QED) is 0.424. The van der Waals surface area contributed by atoms with Crippen molar-refractivity contribution in [3.05, 3.63) is 35.9 Å². The second kappa shape index (κ2) is 6.98. The van der Waals surface area contributed by atoms with E-state index in [-0.39, 0.29) is 18.4 Å². The summed E-state index contributed by atoms with van der Waals surface area (Å²) in [6, 6.07) is 9.16. The predicted octanol–water partition coefficient (Wildman–Crippen LogP) is 3.86. The number of carbonyl (C=O) groups excluding carboxylic acids is 3. The Labute approximate surface area is 154 Å². The first-order chi connectivity index (χ1) is 12.5. The van der Waals surface area contributed by atoms with Gasteiger partial charge in [-0.2, -0.15) is 0 Å². The third-order valence-electron chi connectivity index (χ3n) is 6.70. The molecule has 1 aromatic rings. The molecule has 0 unspecified atom stereocenters. The summed E-state index contributed by atoms with van der Waals surface area (Å²) in [5.74, 6) is -0.137. The summed E-state index contributed by atoms with van der Waals surface area (Å²) in [5.41, 5.74) is 1.05. The van der Waals surface area contributed by atoms with Gasteiger partial charge in [0.25, 0.3) is 0 Å². The first kappa shape index (κ1) is 17.4. The summed E-state index contributed by atoms with van der Waals surface area (Å²) >= 11 is 0. The van der Waals surface area contributed by atoms with Crippen molar-refractivity contribution in [3.8, 4) is 0 Å². The molecule has 138 valence electrons. The van der Waals surface area contributed by atoms with Gasteiger partial charge in [0.15, 0.2) is 0 Å². The van der Waals surface area contributed by atoms with E-state index >= 15 is 0 Å². The molecule has 0 heterocycles. The largest absolute Gasteiger partial charge is 0.455 e. The lowest BCUT2D eigenvalue weighted by molar-refractivity contribution is -0.158. The van der Waals surface area contributed by atoms with Gasteiger partial charge in [-0.25, -0.2) is 4.79 Å². The fraction of sp³-hybridized carbons (Fsp3) is 0.591. The molecule has 0 atom stereocenters. The second-order valence-corrected chi connectivity index (χ2v) is 8.73. The molecule has 0 aromatic heterocycles. The molecule has 4 aliphatic rings. The minimum atomic E-state index is -1.02.